The number of aromatic nitrogens is 3. The number of anilines is 1. The minimum atomic E-state index is -4.57. The Morgan fingerprint density at radius 2 is 1.97 bits per heavy atom. The monoisotopic (exact) mass is 420 g/mol. The molecule has 1 N–H and O–H groups in total. The van der Waals surface area contributed by atoms with Crippen LogP contribution in [-0.2, 0) is 17.4 Å². The molecule has 0 radical (unpaired) electrons. The summed E-state index contributed by atoms with van der Waals surface area (Å²) < 4.78 is 40.1. The molecule has 0 aromatic carbocycles. The maximum atomic E-state index is 13.4. The lowest BCUT2D eigenvalue weighted by atomic mass is 10.1. The zero-order chi connectivity index (χ0) is 21.3. The van der Waals surface area contributed by atoms with Crippen LogP contribution in [0.2, 0.25) is 0 Å². The van der Waals surface area contributed by atoms with Gasteiger partial charge in [0.15, 0.2) is 5.69 Å². The van der Waals surface area contributed by atoms with Gasteiger partial charge < -0.3 is 15.1 Å². The zero-order valence-corrected chi connectivity index (χ0v) is 16.6. The largest absolute Gasteiger partial charge is 0.433 e. The molecule has 4 heterocycles. The minimum Gasteiger partial charge on any atom is -0.340 e. The summed E-state index contributed by atoms with van der Waals surface area (Å²) in [6, 6.07) is 4.37. The molecule has 0 saturated carbocycles. The first-order chi connectivity index (χ1) is 14.3. The number of amides is 1. The van der Waals surface area contributed by atoms with Gasteiger partial charge in [0.05, 0.1) is 12.1 Å². The van der Waals surface area contributed by atoms with Crippen molar-refractivity contribution in [2.24, 2.45) is 0 Å². The summed E-state index contributed by atoms with van der Waals surface area (Å²) in [5.74, 6) is 0.0729. The number of nitrogens with one attached hydrogen (secondary N) is 1. The van der Waals surface area contributed by atoms with E-state index in [0.29, 0.717) is 30.9 Å². The molecule has 10 heteroatoms. The number of nitrogens with zero attached hydrogens (tertiary/aromatic N) is 5. The van der Waals surface area contributed by atoms with Crippen LogP contribution in [-0.4, -0.2) is 64.5 Å². The summed E-state index contributed by atoms with van der Waals surface area (Å²) in [5.41, 5.74) is 0.220. The molecular formula is C20H23F3N6O. The van der Waals surface area contributed by atoms with Crippen LogP contribution in [0.5, 0.6) is 0 Å². The zero-order valence-electron chi connectivity index (χ0n) is 16.6. The van der Waals surface area contributed by atoms with Gasteiger partial charge >= 0.3 is 6.18 Å². The molecule has 0 bridgehead atoms. The van der Waals surface area contributed by atoms with Gasteiger partial charge in [-0.15, -0.1) is 0 Å². The van der Waals surface area contributed by atoms with E-state index < -0.39 is 11.9 Å². The summed E-state index contributed by atoms with van der Waals surface area (Å²) in [7, 11) is 0. The number of hydrogen-bond donors (Lipinski definition) is 1. The van der Waals surface area contributed by atoms with Crippen LogP contribution >= 0.6 is 0 Å². The van der Waals surface area contributed by atoms with Crippen molar-refractivity contribution in [1.29, 1.82) is 0 Å². The van der Waals surface area contributed by atoms with Crippen molar-refractivity contribution < 1.29 is 18.0 Å². The maximum Gasteiger partial charge on any atom is 0.433 e. The lowest BCUT2D eigenvalue weighted by Gasteiger charge is -2.38. The fourth-order valence-corrected chi connectivity index (χ4v) is 3.53. The smallest absolute Gasteiger partial charge is 0.340 e. The lowest BCUT2D eigenvalue weighted by Crippen LogP contribution is -2.47. The molecule has 4 rings (SSSR count). The van der Waals surface area contributed by atoms with Crippen molar-refractivity contribution in [3.63, 3.8) is 0 Å². The third-order valence-corrected chi connectivity index (χ3v) is 5.50. The quantitative estimate of drug-likeness (QED) is 0.817. The molecule has 0 aliphatic carbocycles. The van der Waals surface area contributed by atoms with Crippen LogP contribution in [0.25, 0.3) is 11.3 Å². The Balaban J connectivity index is 1.55. The maximum absolute atomic E-state index is 13.4. The number of rotatable bonds is 4. The van der Waals surface area contributed by atoms with Gasteiger partial charge in [-0.25, -0.2) is 9.97 Å². The van der Waals surface area contributed by atoms with Crippen LogP contribution in [0, 0.1) is 0 Å². The normalized spacial score (nSPS) is 19.5. The standard InChI is InChI=1S/C20H23F3N6O/c1-13-4-7-29(13)19-26-16(11-17(27-19)20(21,22)23)14-2-3-15(25-12-14)10-18(30)28-8-5-24-6-9-28/h2-3,11-13,24H,4-10H2,1H3/t13-/m0/s1. The third-order valence-electron chi connectivity index (χ3n) is 5.50. The summed E-state index contributed by atoms with van der Waals surface area (Å²) in [6.07, 6.45) is -2.05. The van der Waals surface area contributed by atoms with Crippen LogP contribution in [0.3, 0.4) is 0 Å². The molecule has 2 aromatic heterocycles. The molecule has 0 spiro atoms. The molecule has 2 fully saturated rings. The fourth-order valence-electron chi connectivity index (χ4n) is 3.53. The van der Waals surface area contributed by atoms with Gasteiger partial charge in [0.1, 0.15) is 0 Å². The number of halogens is 3. The number of carbonyl (C=O) groups excluding carboxylic acids is 1. The second kappa shape index (κ2) is 8.17. The van der Waals surface area contributed by atoms with E-state index >= 15 is 0 Å². The molecule has 2 aromatic rings. The highest BCUT2D eigenvalue weighted by Crippen LogP contribution is 2.33. The summed E-state index contributed by atoms with van der Waals surface area (Å²) in [5, 5.41) is 3.19. The number of hydrogen-bond acceptors (Lipinski definition) is 6. The van der Waals surface area contributed by atoms with Gasteiger partial charge in [-0.05, 0) is 31.5 Å². The van der Waals surface area contributed by atoms with E-state index in [1.165, 1.54) is 6.20 Å². The molecule has 2 aliphatic heterocycles. The second-order valence-electron chi connectivity index (χ2n) is 7.61. The van der Waals surface area contributed by atoms with E-state index in [1.54, 1.807) is 21.9 Å². The summed E-state index contributed by atoms with van der Waals surface area (Å²) in [6.45, 7) is 5.42. The van der Waals surface area contributed by atoms with E-state index in [4.69, 9.17) is 0 Å². The predicted octanol–water partition coefficient (Wildman–Crippen LogP) is 2.13. The fraction of sp³-hybridized carbons (Fsp3) is 0.500. The number of piperazine rings is 1. The molecule has 0 unspecified atom stereocenters. The molecule has 1 atom stereocenters. The molecule has 1 amide bonds. The van der Waals surface area contributed by atoms with Crippen molar-refractivity contribution in [3.8, 4) is 11.3 Å². The van der Waals surface area contributed by atoms with E-state index in [1.807, 2.05) is 6.92 Å². The topological polar surface area (TPSA) is 74.2 Å². The van der Waals surface area contributed by atoms with E-state index in [2.05, 4.69) is 20.3 Å². The molecular weight excluding hydrogens is 397 g/mol. The average Bonchev–Trinajstić information content (AvgIpc) is 2.73. The molecule has 2 saturated heterocycles. The van der Waals surface area contributed by atoms with Crippen molar-refractivity contribution in [3.05, 3.63) is 35.8 Å². The first-order valence-corrected chi connectivity index (χ1v) is 9.98. The highest BCUT2D eigenvalue weighted by molar-refractivity contribution is 5.78. The molecule has 160 valence electrons. The Morgan fingerprint density at radius 3 is 2.53 bits per heavy atom. The minimum absolute atomic E-state index is 0.00722. The highest BCUT2D eigenvalue weighted by Gasteiger charge is 2.36. The van der Waals surface area contributed by atoms with Crippen LogP contribution in [0.15, 0.2) is 24.4 Å². The van der Waals surface area contributed by atoms with Gasteiger partial charge in [0.2, 0.25) is 11.9 Å². The Bertz CT molecular complexity index is 912. The molecule has 30 heavy (non-hydrogen) atoms. The van der Waals surface area contributed by atoms with Crippen molar-refractivity contribution in [2.45, 2.75) is 32.0 Å². The Hall–Kier alpha value is -2.75. The van der Waals surface area contributed by atoms with Crippen molar-refractivity contribution in [2.75, 3.05) is 37.6 Å². The number of carbonyl (C=O) groups is 1. The van der Waals surface area contributed by atoms with Crippen molar-refractivity contribution in [1.82, 2.24) is 25.2 Å². The third kappa shape index (κ3) is 4.38. The number of alkyl halides is 3. The van der Waals surface area contributed by atoms with Crippen LogP contribution < -0.4 is 10.2 Å². The SMILES string of the molecule is C[C@H]1CCN1c1nc(-c2ccc(CC(=O)N3CCNCC3)nc2)cc(C(F)(F)F)n1. The van der Waals surface area contributed by atoms with Gasteiger partial charge in [0, 0.05) is 56.2 Å². The van der Waals surface area contributed by atoms with E-state index in [9.17, 15) is 18.0 Å². The Labute approximate surface area is 172 Å². The van der Waals surface area contributed by atoms with Crippen LogP contribution in [0.4, 0.5) is 19.1 Å². The Kier molecular flexibility index (Phi) is 5.59. The predicted molar refractivity (Wildman–Crippen MR) is 105 cm³/mol. The summed E-state index contributed by atoms with van der Waals surface area (Å²) >= 11 is 0. The van der Waals surface area contributed by atoms with Gasteiger partial charge in [-0.3, -0.25) is 9.78 Å². The van der Waals surface area contributed by atoms with Crippen molar-refractivity contribution >= 4 is 11.9 Å². The van der Waals surface area contributed by atoms with Gasteiger partial charge in [-0.1, -0.05) is 0 Å². The lowest BCUT2D eigenvalue weighted by molar-refractivity contribution is -0.141. The number of pyridine rings is 1. The van der Waals surface area contributed by atoms with Gasteiger partial charge in [0.25, 0.3) is 0 Å². The molecule has 7 nitrogen and oxygen atoms in total. The van der Waals surface area contributed by atoms with Crippen LogP contribution in [0.1, 0.15) is 24.7 Å². The summed E-state index contributed by atoms with van der Waals surface area (Å²) in [4.78, 5) is 28.3. The first kappa shape index (κ1) is 20.5. The van der Waals surface area contributed by atoms with E-state index in [0.717, 1.165) is 25.6 Å². The average molecular weight is 420 g/mol. The van der Waals surface area contributed by atoms with E-state index in [-0.39, 0.29) is 30.0 Å². The first-order valence-electron chi connectivity index (χ1n) is 9.98. The second-order valence-corrected chi connectivity index (χ2v) is 7.61. The Morgan fingerprint density at radius 1 is 1.20 bits per heavy atom. The molecule has 2 aliphatic rings. The highest BCUT2D eigenvalue weighted by atomic mass is 19.4. The van der Waals surface area contributed by atoms with Gasteiger partial charge in [-0.2, -0.15) is 13.2 Å².